The minimum absolute atomic E-state index is 0.157. The molecule has 136 valence electrons. The Morgan fingerprint density at radius 2 is 1.96 bits per heavy atom. The maximum Gasteiger partial charge on any atom is 0.353 e. The van der Waals surface area contributed by atoms with Crippen molar-refractivity contribution in [2.45, 2.75) is 19.4 Å². The summed E-state index contributed by atoms with van der Waals surface area (Å²) < 4.78 is 0. The van der Waals surface area contributed by atoms with Crippen LogP contribution in [0.15, 0.2) is 36.7 Å². The van der Waals surface area contributed by atoms with Crippen molar-refractivity contribution >= 4 is 23.3 Å². The van der Waals surface area contributed by atoms with Crippen LogP contribution in [0.4, 0.5) is 17.3 Å². The lowest BCUT2D eigenvalue weighted by Gasteiger charge is -2.30. The predicted octanol–water partition coefficient (Wildman–Crippen LogP) is 2.30. The van der Waals surface area contributed by atoms with E-state index in [0.717, 1.165) is 5.56 Å². The lowest BCUT2D eigenvalue weighted by Crippen LogP contribution is -2.37. The van der Waals surface area contributed by atoms with Crippen LogP contribution >= 0.6 is 0 Å². The molecule has 2 heterocycles. The summed E-state index contributed by atoms with van der Waals surface area (Å²) in [4.78, 5) is 32.1. The van der Waals surface area contributed by atoms with Crippen molar-refractivity contribution in [3.8, 4) is 0 Å². The van der Waals surface area contributed by atoms with Gasteiger partial charge in [0.05, 0.1) is 10.8 Å². The molecule has 9 nitrogen and oxygen atoms in total. The molecule has 26 heavy (non-hydrogen) atoms. The van der Waals surface area contributed by atoms with Gasteiger partial charge in [0.25, 0.3) is 0 Å². The molecule has 1 aliphatic heterocycles. The number of rotatable bonds is 6. The zero-order chi connectivity index (χ0) is 18.5. The van der Waals surface area contributed by atoms with Crippen LogP contribution in [0.1, 0.15) is 18.4 Å². The third-order valence-electron chi connectivity index (χ3n) is 4.43. The lowest BCUT2D eigenvalue weighted by atomic mass is 9.97. The normalized spacial score (nSPS) is 14.8. The molecule has 0 spiro atoms. The molecule has 1 aromatic heterocycles. The summed E-state index contributed by atoms with van der Waals surface area (Å²) >= 11 is 0. The number of benzene rings is 1. The van der Waals surface area contributed by atoms with Crippen LogP contribution in [0.3, 0.4) is 0 Å². The standard InChI is InChI=1S/C17H19N5O4/c23-17(24)13-6-8-21(9-7-13)16-14(22(25)26)15(19-11-20-16)18-10-12-4-2-1-3-5-12/h1-5,11,13H,6-10H2,(H,23,24)(H,18,19,20). The Kier molecular flexibility index (Phi) is 5.26. The van der Waals surface area contributed by atoms with Gasteiger partial charge in [0, 0.05) is 19.6 Å². The predicted molar refractivity (Wildman–Crippen MR) is 95.0 cm³/mol. The number of carboxylic acids is 1. The summed E-state index contributed by atoms with van der Waals surface area (Å²) in [5, 5.41) is 23.7. The zero-order valence-electron chi connectivity index (χ0n) is 14.0. The van der Waals surface area contributed by atoms with E-state index in [9.17, 15) is 14.9 Å². The Morgan fingerprint density at radius 1 is 1.27 bits per heavy atom. The van der Waals surface area contributed by atoms with Gasteiger partial charge in [0.1, 0.15) is 6.33 Å². The van der Waals surface area contributed by atoms with Gasteiger partial charge in [-0.05, 0) is 18.4 Å². The molecule has 1 saturated heterocycles. The van der Waals surface area contributed by atoms with Crippen molar-refractivity contribution in [2.75, 3.05) is 23.3 Å². The van der Waals surface area contributed by atoms with E-state index in [-0.39, 0.29) is 17.3 Å². The minimum atomic E-state index is -0.827. The van der Waals surface area contributed by atoms with Gasteiger partial charge in [0.2, 0.25) is 11.6 Å². The average Bonchev–Trinajstić information content (AvgIpc) is 2.66. The molecule has 0 bridgehead atoms. The van der Waals surface area contributed by atoms with E-state index in [1.165, 1.54) is 6.33 Å². The van der Waals surface area contributed by atoms with Gasteiger partial charge in [-0.3, -0.25) is 14.9 Å². The minimum Gasteiger partial charge on any atom is -0.481 e. The number of hydrogen-bond donors (Lipinski definition) is 2. The number of nitrogens with one attached hydrogen (secondary N) is 1. The maximum absolute atomic E-state index is 11.6. The van der Waals surface area contributed by atoms with Crippen LogP contribution in [0.25, 0.3) is 0 Å². The molecular weight excluding hydrogens is 338 g/mol. The molecule has 0 unspecified atom stereocenters. The van der Waals surface area contributed by atoms with Crippen molar-refractivity contribution in [3.05, 3.63) is 52.3 Å². The topological polar surface area (TPSA) is 121 Å². The van der Waals surface area contributed by atoms with Crippen molar-refractivity contribution in [2.24, 2.45) is 5.92 Å². The highest BCUT2D eigenvalue weighted by molar-refractivity contribution is 5.72. The number of aliphatic carboxylic acids is 1. The Balaban J connectivity index is 1.80. The SMILES string of the molecule is O=C(O)C1CCN(c2ncnc(NCc3ccccc3)c2[N+](=O)[O-])CC1. The summed E-state index contributed by atoms with van der Waals surface area (Å²) in [5.41, 5.74) is 0.793. The summed E-state index contributed by atoms with van der Waals surface area (Å²) in [7, 11) is 0. The molecule has 9 heteroatoms. The average molecular weight is 357 g/mol. The Morgan fingerprint density at radius 3 is 2.58 bits per heavy atom. The van der Waals surface area contributed by atoms with E-state index < -0.39 is 16.8 Å². The number of anilines is 2. The third kappa shape index (κ3) is 3.88. The quantitative estimate of drug-likeness (QED) is 0.596. The summed E-state index contributed by atoms with van der Waals surface area (Å²) in [6.45, 7) is 1.22. The van der Waals surface area contributed by atoms with E-state index in [1.807, 2.05) is 30.3 Å². The Bertz CT molecular complexity index is 791. The van der Waals surface area contributed by atoms with E-state index in [0.29, 0.717) is 32.5 Å². The van der Waals surface area contributed by atoms with Crippen LogP contribution in [-0.2, 0) is 11.3 Å². The van der Waals surface area contributed by atoms with Crippen LogP contribution in [0.2, 0.25) is 0 Å². The molecule has 1 aliphatic rings. The fourth-order valence-electron chi connectivity index (χ4n) is 3.02. The van der Waals surface area contributed by atoms with E-state index in [2.05, 4.69) is 15.3 Å². The lowest BCUT2D eigenvalue weighted by molar-refractivity contribution is -0.383. The molecule has 0 radical (unpaired) electrons. The molecule has 2 N–H and O–H groups in total. The van der Waals surface area contributed by atoms with E-state index in [1.54, 1.807) is 4.90 Å². The molecule has 0 amide bonds. The first-order valence-electron chi connectivity index (χ1n) is 8.31. The van der Waals surface area contributed by atoms with Crippen molar-refractivity contribution in [1.29, 1.82) is 0 Å². The number of hydrogen-bond acceptors (Lipinski definition) is 7. The molecule has 0 aliphatic carbocycles. The fraction of sp³-hybridized carbons (Fsp3) is 0.353. The zero-order valence-corrected chi connectivity index (χ0v) is 14.0. The van der Waals surface area contributed by atoms with Gasteiger partial charge >= 0.3 is 11.7 Å². The van der Waals surface area contributed by atoms with Crippen molar-refractivity contribution in [3.63, 3.8) is 0 Å². The van der Waals surface area contributed by atoms with Crippen molar-refractivity contribution in [1.82, 2.24) is 9.97 Å². The second-order valence-corrected chi connectivity index (χ2v) is 6.09. The fourth-order valence-corrected chi connectivity index (χ4v) is 3.02. The first-order chi connectivity index (χ1) is 12.6. The number of piperidine rings is 1. The number of aromatic nitrogens is 2. The molecule has 1 aromatic carbocycles. The highest BCUT2D eigenvalue weighted by Crippen LogP contribution is 2.34. The van der Waals surface area contributed by atoms with Gasteiger partial charge in [0.15, 0.2) is 0 Å². The summed E-state index contributed by atoms with van der Waals surface area (Å²) in [6, 6.07) is 9.51. The van der Waals surface area contributed by atoms with E-state index >= 15 is 0 Å². The van der Waals surface area contributed by atoms with Crippen LogP contribution in [0.5, 0.6) is 0 Å². The summed E-state index contributed by atoms with van der Waals surface area (Å²) in [5.74, 6) is -0.858. The molecule has 2 aromatic rings. The second-order valence-electron chi connectivity index (χ2n) is 6.09. The Hall–Kier alpha value is -3.23. The smallest absolute Gasteiger partial charge is 0.353 e. The largest absolute Gasteiger partial charge is 0.481 e. The molecule has 3 rings (SSSR count). The highest BCUT2D eigenvalue weighted by Gasteiger charge is 2.31. The number of carboxylic acid groups (broad SMARTS) is 1. The first-order valence-corrected chi connectivity index (χ1v) is 8.31. The third-order valence-corrected chi connectivity index (χ3v) is 4.43. The number of carbonyl (C=O) groups is 1. The number of nitro groups is 1. The molecular formula is C17H19N5O4. The van der Waals surface area contributed by atoms with E-state index in [4.69, 9.17) is 5.11 Å². The van der Waals surface area contributed by atoms with Gasteiger partial charge in [-0.15, -0.1) is 0 Å². The van der Waals surface area contributed by atoms with Gasteiger partial charge in [-0.25, -0.2) is 9.97 Å². The van der Waals surface area contributed by atoms with Gasteiger partial charge in [-0.2, -0.15) is 0 Å². The molecule has 0 saturated carbocycles. The van der Waals surface area contributed by atoms with Crippen LogP contribution < -0.4 is 10.2 Å². The second kappa shape index (κ2) is 7.77. The van der Waals surface area contributed by atoms with Gasteiger partial charge < -0.3 is 15.3 Å². The highest BCUT2D eigenvalue weighted by atomic mass is 16.6. The van der Waals surface area contributed by atoms with Crippen molar-refractivity contribution < 1.29 is 14.8 Å². The number of nitrogens with zero attached hydrogens (tertiary/aromatic N) is 4. The molecule has 0 atom stereocenters. The maximum atomic E-state index is 11.6. The van der Waals surface area contributed by atoms with Gasteiger partial charge in [-0.1, -0.05) is 30.3 Å². The monoisotopic (exact) mass is 357 g/mol. The van der Waals surface area contributed by atoms with Crippen LogP contribution in [-0.4, -0.2) is 39.1 Å². The summed E-state index contributed by atoms with van der Waals surface area (Å²) in [6.07, 6.45) is 2.16. The molecule has 1 fully saturated rings. The van der Waals surface area contributed by atoms with Crippen LogP contribution in [0, 0.1) is 16.0 Å². The first kappa shape index (κ1) is 17.6. The Labute approximate surface area is 149 Å².